The minimum absolute atomic E-state index is 0.219. The van der Waals surface area contributed by atoms with Crippen molar-refractivity contribution in [1.29, 1.82) is 0 Å². The number of anilines is 1. The van der Waals surface area contributed by atoms with Gasteiger partial charge in [0.2, 0.25) is 5.69 Å². The highest BCUT2D eigenvalue weighted by molar-refractivity contribution is 7.86. The standard InChI is InChI=1S/C31H40N2O9S3/c1-30(2)24-12-5-6-13-26(24)32(18-7-9-20-43(34,35)36)28(30)14-11-15-29-31(3,4)25-22-23(45(40,41)42)16-17-27(25)33(29)19-8-10-21-44(37,38)39/h5-6,11-17,22H,7-10,18-21H2,1-4H3,(H2-,34,35,36,37,38,39,40,41,42)/p+1. The van der Waals surface area contributed by atoms with Crippen LogP contribution in [-0.2, 0) is 41.2 Å². The Balaban J connectivity index is 1.73. The van der Waals surface area contributed by atoms with Gasteiger partial charge in [-0.3, -0.25) is 13.7 Å². The van der Waals surface area contributed by atoms with Crippen LogP contribution in [0.1, 0.15) is 64.5 Å². The van der Waals surface area contributed by atoms with Crippen molar-refractivity contribution in [1.82, 2.24) is 0 Å². The number of allylic oxidation sites excluding steroid dienone is 4. The fourth-order valence-electron chi connectivity index (χ4n) is 6.28. The van der Waals surface area contributed by atoms with Crippen LogP contribution in [-0.4, -0.2) is 73.8 Å². The Kier molecular flexibility index (Phi) is 9.89. The van der Waals surface area contributed by atoms with E-state index in [0.29, 0.717) is 37.9 Å². The number of hydrogen-bond donors (Lipinski definition) is 3. The van der Waals surface area contributed by atoms with Gasteiger partial charge in [-0.25, -0.2) is 0 Å². The van der Waals surface area contributed by atoms with E-state index >= 15 is 0 Å². The van der Waals surface area contributed by atoms with Gasteiger partial charge in [0.1, 0.15) is 6.54 Å². The van der Waals surface area contributed by atoms with Crippen LogP contribution in [0.2, 0.25) is 0 Å². The normalized spacial score (nSPS) is 18.6. The molecule has 2 aliphatic rings. The molecule has 246 valence electrons. The molecule has 0 spiro atoms. The van der Waals surface area contributed by atoms with Crippen molar-refractivity contribution in [2.75, 3.05) is 29.5 Å². The van der Waals surface area contributed by atoms with E-state index < -0.39 is 35.8 Å². The van der Waals surface area contributed by atoms with Crippen LogP contribution in [0.15, 0.2) is 71.3 Å². The molecule has 2 aromatic carbocycles. The maximum absolute atomic E-state index is 11.9. The van der Waals surface area contributed by atoms with Gasteiger partial charge < -0.3 is 4.90 Å². The van der Waals surface area contributed by atoms with Crippen molar-refractivity contribution in [3.05, 3.63) is 77.5 Å². The molecule has 14 heteroatoms. The van der Waals surface area contributed by atoms with E-state index in [1.54, 1.807) is 6.07 Å². The largest absolute Gasteiger partial charge is 0.344 e. The summed E-state index contributed by atoms with van der Waals surface area (Å²) in [6.07, 6.45) is 7.39. The first kappa shape index (κ1) is 35.0. The molecule has 0 bridgehead atoms. The molecule has 11 nitrogen and oxygen atoms in total. The molecule has 2 aromatic rings. The Morgan fingerprint density at radius 2 is 1.40 bits per heavy atom. The lowest BCUT2D eigenvalue weighted by atomic mass is 9.81. The van der Waals surface area contributed by atoms with Crippen molar-refractivity contribution < 1.29 is 43.5 Å². The summed E-state index contributed by atoms with van der Waals surface area (Å²) < 4.78 is 99.1. The number of unbranched alkanes of at least 4 members (excludes halogenated alkanes) is 2. The van der Waals surface area contributed by atoms with Gasteiger partial charge in [0, 0.05) is 47.5 Å². The molecule has 0 saturated heterocycles. The van der Waals surface area contributed by atoms with Gasteiger partial charge in [-0.1, -0.05) is 38.1 Å². The third-order valence-corrected chi connectivity index (χ3v) is 11.0. The van der Waals surface area contributed by atoms with E-state index in [-0.39, 0.29) is 28.2 Å². The number of benzene rings is 2. The van der Waals surface area contributed by atoms with Crippen molar-refractivity contribution in [3.63, 3.8) is 0 Å². The van der Waals surface area contributed by atoms with Crippen molar-refractivity contribution in [3.8, 4) is 0 Å². The Labute approximate surface area is 266 Å². The molecule has 4 rings (SSSR count). The fraction of sp³-hybridized carbons (Fsp3) is 0.452. The highest BCUT2D eigenvalue weighted by Gasteiger charge is 2.44. The Morgan fingerprint density at radius 3 is 2.02 bits per heavy atom. The number of rotatable bonds is 13. The van der Waals surface area contributed by atoms with Gasteiger partial charge in [0.05, 0.1) is 21.8 Å². The summed E-state index contributed by atoms with van der Waals surface area (Å²) in [4.78, 5) is 1.78. The number of para-hydroxylation sites is 1. The second kappa shape index (κ2) is 12.7. The zero-order valence-corrected chi connectivity index (χ0v) is 28.3. The lowest BCUT2D eigenvalue weighted by Gasteiger charge is -2.27. The summed E-state index contributed by atoms with van der Waals surface area (Å²) in [5, 5.41) is 0. The maximum Gasteiger partial charge on any atom is 0.294 e. The van der Waals surface area contributed by atoms with Crippen LogP contribution in [0.4, 0.5) is 11.4 Å². The maximum atomic E-state index is 11.9. The van der Waals surface area contributed by atoms with Crippen LogP contribution in [0.3, 0.4) is 0 Å². The minimum Gasteiger partial charge on any atom is -0.344 e. The summed E-state index contributed by atoms with van der Waals surface area (Å²) in [7, 11) is -12.6. The zero-order chi connectivity index (χ0) is 33.4. The number of nitrogens with zero attached hydrogens (tertiary/aromatic N) is 2. The van der Waals surface area contributed by atoms with Crippen molar-refractivity contribution in [2.24, 2.45) is 0 Å². The third-order valence-electron chi connectivity index (χ3n) is 8.54. The van der Waals surface area contributed by atoms with Crippen LogP contribution < -0.4 is 4.90 Å². The van der Waals surface area contributed by atoms with E-state index in [2.05, 4.69) is 24.5 Å². The molecule has 0 aliphatic carbocycles. The summed E-state index contributed by atoms with van der Waals surface area (Å²) in [5.74, 6) is -0.677. The summed E-state index contributed by atoms with van der Waals surface area (Å²) in [6, 6.07) is 12.4. The molecule has 0 radical (unpaired) electrons. The monoisotopic (exact) mass is 681 g/mol. The molecule has 2 aliphatic heterocycles. The second-order valence-electron chi connectivity index (χ2n) is 12.5. The molecular formula is C31H41N2O9S3+. The molecule has 0 saturated carbocycles. The van der Waals surface area contributed by atoms with Gasteiger partial charge in [-0.2, -0.15) is 29.8 Å². The highest BCUT2D eigenvalue weighted by atomic mass is 32.2. The number of hydrogen-bond acceptors (Lipinski definition) is 7. The van der Waals surface area contributed by atoms with Crippen molar-refractivity contribution >= 4 is 47.4 Å². The quantitative estimate of drug-likeness (QED) is 0.150. The average Bonchev–Trinajstić information content (AvgIpc) is 3.26. The minimum atomic E-state index is -4.44. The first-order valence-corrected chi connectivity index (χ1v) is 19.3. The molecule has 0 amide bonds. The average molecular weight is 682 g/mol. The lowest BCUT2D eigenvalue weighted by Crippen LogP contribution is -2.28. The molecule has 3 N–H and O–H groups in total. The van der Waals surface area contributed by atoms with Gasteiger partial charge in [-0.15, -0.1) is 0 Å². The first-order chi connectivity index (χ1) is 20.7. The predicted molar refractivity (Wildman–Crippen MR) is 174 cm³/mol. The van der Waals surface area contributed by atoms with E-state index in [9.17, 15) is 34.4 Å². The number of fused-ring (bicyclic) bond motifs is 2. The smallest absolute Gasteiger partial charge is 0.294 e. The van der Waals surface area contributed by atoms with Gasteiger partial charge in [0.25, 0.3) is 30.4 Å². The van der Waals surface area contributed by atoms with Crippen LogP contribution in [0.5, 0.6) is 0 Å². The molecule has 2 heterocycles. The van der Waals surface area contributed by atoms with Crippen LogP contribution >= 0.6 is 0 Å². The third kappa shape index (κ3) is 7.92. The SMILES string of the molecule is CC1(C)C(=CC=CC2=[N+](CCCCS(=O)(=O)O)c3ccccc3C2(C)C)N(CCCCS(=O)(=O)O)c2ccc(S(=O)(=O)O)cc21. The van der Waals surface area contributed by atoms with Crippen LogP contribution in [0.25, 0.3) is 0 Å². The van der Waals surface area contributed by atoms with E-state index in [1.165, 1.54) is 12.1 Å². The molecule has 45 heavy (non-hydrogen) atoms. The predicted octanol–water partition coefficient (Wildman–Crippen LogP) is 4.88. The summed E-state index contributed by atoms with van der Waals surface area (Å²) in [6.45, 7) is 9.07. The van der Waals surface area contributed by atoms with Crippen LogP contribution in [0, 0.1) is 0 Å². The Bertz CT molecular complexity index is 1890. The topological polar surface area (TPSA) is 169 Å². The molecule has 0 fully saturated rings. The Morgan fingerprint density at radius 1 is 0.778 bits per heavy atom. The van der Waals surface area contributed by atoms with E-state index in [1.807, 2.05) is 55.2 Å². The summed E-state index contributed by atoms with van der Waals surface area (Å²) >= 11 is 0. The van der Waals surface area contributed by atoms with E-state index in [0.717, 1.165) is 28.3 Å². The van der Waals surface area contributed by atoms with E-state index in [4.69, 9.17) is 4.55 Å². The van der Waals surface area contributed by atoms with Crippen molar-refractivity contribution in [2.45, 2.75) is 69.1 Å². The summed E-state index contributed by atoms with van der Waals surface area (Å²) in [5.41, 5.74) is 4.35. The highest BCUT2D eigenvalue weighted by Crippen LogP contribution is 2.48. The van der Waals surface area contributed by atoms with Gasteiger partial charge >= 0.3 is 0 Å². The molecule has 0 atom stereocenters. The zero-order valence-electron chi connectivity index (χ0n) is 25.8. The van der Waals surface area contributed by atoms with Gasteiger partial charge in [-0.05, 0) is 62.9 Å². The second-order valence-corrected chi connectivity index (χ2v) is 17.1. The molecule has 0 unspecified atom stereocenters. The molecular weight excluding hydrogens is 641 g/mol. The fourth-order valence-corrected chi connectivity index (χ4v) is 7.92. The first-order valence-electron chi connectivity index (χ1n) is 14.7. The molecule has 0 aromatic heterocycles. The Hall–Kier alpha value is -2.88. The van der Waals surface area contributed by atoms with Gasteiger partial charge in [0.15, 0.2) is 5.71 Å². The lowest BCUT2D eigenvalue weighted by molar-refractivity contribution is -0.438.